The van der Waals surface area contributed by atoms with Crippen LogP contribution < -0.4 is 30.6 Å². The molecule has 0 saturated heterocycles. The Kier molecular flexibility index (Phi) is 274. The number of carboxylic acid groups (broad SMARTS) is 6. The molecular weight excluding hydrogens is 833 g/mol. The summed E-state index contributed by atoms with van der Waals surface area (Å²) in [7, 11) is 0. The van der Waals surface area contributed by atoms with Crippen LogP contribution in [0, 0.1) is 0 Å². The summed E-state index contributed by atoms with van der Waals surface area (Å²) in [5.74, 6) is -6.50. The Hall–Kier alpha value is 3.85. The first kappa shape index (κ1) is 99.2. The second kappa shape index (κ2) is 91.2. The van der Waals surface area contributed by atoms with Crippen molar-refractivity contribution in [2.75, 3.05) is 0 Å². The Bertz CT molecular complexity index is 294. The minimum atomic E-state index is -1.08. The first-order valence-electron chi connectivity index (χ1n) is 5.45. The van der Waals surface area contributed by atoms with Gasteiger partial charge in [0.25, 0.3) is 0 Å². The zero-order chi connectivity index (χ0) is 21.5. The molecule has 0 aromatic carbocycles. The summed E-state index contributed by atoms with van der Waals surface area (Å²) in [6.45, 7) is 5.83. The van der Waals surface area contributed by atoms with Crippen LogP contribution in [0.4, 0.5) is 0 Å². The Labute approximate surface area is 345 Å². The van der Waals surface area contributed by atoms with E-state index in [2.05, 4.69) is 0 Å². The van der Waals surface area contributed by atoms with E-state index in [0.717, 1.165) is 41.5 Å². The predicted octanol–water partition coefficient (Wildman–Crippen LogP) is -8.62. The Morgan fingerprint density at radius 2 is 0.333 bits per heavy atom. The second-order valence-corrected chi connectivity index (χ2v) is 2.95. The van der Waals surface area contributed by atoms with E-state index < -0.39 is 35.8 Å². The van der Waals surface area contributed by atoms with Crippen molar-refractivity contribution in [2.24, 2.45) is 0 Å². The van der Waals surface area contributed by atoms with Crippen molar-refractivity contribution < 1.29 is 176 Å². The molecule has 0 unspecified atom stereocenters. The summed E-state index contributed by atoms with van der Waals surface area (Å²) >= 11 is 0. The van der Waals surface area contributed by atoms with E-state index in [9.17, 15) is 0 Å². The van der Waals surface area contributed by atoms with Crippen LogP contribution in [0.2, 0.25) is 0 Å². The zero-order valence-electron chi connectivity index (χ0n) is 20.3. The Balaban J connectivity index is -0.00000000859. The molecule has 0 aliphatic heterocycles. The molecule has 0 saturated carbocycles. The smallest absolute Gasteiger partial charge is 0.550 e. The van der Waals surface area contributed by atoms with Gasteiger partial charge in [-0.15, -0.1) is 0 Å². The fourth-order valence-electron chi connectivity index (χ4n) is 0. The quantitative estimate of drug-likeness (QED) is 0.207. The third-order valence-electron chi connectivity index (χ3n) is 0. The average molecular weight is 851 g/mol. The van der Waals surface area contributed by atoms with Crippen molar-refractivity contribution in [3.63, 3.8) is 0 Å². The van der Waals surface area contributed by atoms with Crippen LogP contribution in [0.25, 0.3) is 0 Å². The Morgan fingerprint density at radius 1 is 0.333 bits per heavy atom. The minimum Gasteiger partial charge on any atom is -0.550 e. The summed E-state index contributed by atoms with van der Waals surface area (Å²) in [6, 6.07) is 0. The van der Waals surface area contributed by atoms with Crippen LogP contribution in [-0.2, 0) is 146 Å². The molecule has 0 bridgehead atoms. The molecule has 0 atom stereocenters. The van der Waals surface area contributed by atoms with Gasteiger partial charge in [-0.25, -0.2) is 0 Å². The van der Waals surface area contributed by atoms with Crippen molar-refractivity contribution >= 4 is 134 Å². The topological polar surface area (TPSA) is 241 Å². The molecule has 12 nitrogen and oxygen atoms in total. The summed E-state index contributed by atoms with van der Waals surface area (Å²) in [6.07, 6.45) is 0. The first-order valence-corrected chi connectivity index (χ1v) is 5.45. The normalized spacial score (nSPS) is 4.55. The van der Waals surface area contributed by atoms with E-state index in [0.29, 0.717) is 0 Å². The summed E-state index contributed by atoms with van der Waals surface area (Å²) in [4.78, 5) is 53.3. The molecule has 0 N–H and O–H groups in total. The minimum absolute atomic E-state index is 0. The third kappa shape index (κ3) is 2780. The van der Waals surface area contributed by atoms with E-state index in [-0.39, 0.29) is 215 Å². The van der Waals surface area contributed by atoms with Gasteiger partial charge in [-0.3, -0.25) is 0 Å². The maximum absolute atomic E-state index is 8.89. The SMILES string of the molecule is CC(=O)[O-].CC(=O)[O-].CC(=O)[O-].CC(=O)[O-].CC(=O)[O-].CC(=O)[O-].[Ca+2].[Ca+2].[Mg+2].[Zn+2].[Zn+2].[Zn+2].[Zn+2].[Zn+2].[Zn+2]. The molecule has 0 amide bonds. The molecule has 0 spiro atoms. The van der Waals surface area contributed by atoms with Crippen molar-refractivity contribution in [1.82, 2.24) is 0 Å². The Morgan fingerprint density at radius 3 is 0.333 bits per heavy atom. The van der Waals surface area contributed by atoms with Crippen LogP contribution in [0.3, 0.4) is 0 Å². The molecule has 0 aliphatic carbocycles. The van der Waals surface area contributed by atoms with Crippen molar-refractivity contribution in [2.45, 2.75) is 41.5 Å². The summed E-state index contributed by atoms with van der Waals surface area (Å²) in [5, 5.41) is 53.3. The number of rotatable bonds is 0. The van der Waals surface area contributed by atoms with Gasteiger partial charge in [0.15, 0.2) is 0 Å². The molecule has 0 radical (unpaired) electrons. The van der Waals surface area contributed by atoms with E-state index in [1.54, 1.807) is 0 Å². The van der Waals surface area contributed by atoms with Crippen molar-refractivity contribution in [1.29, 1.82) is 0 Å². The van der Waals surface area contributed by atoms with Gasteiger partial charge < -0.3 is 59.4 Å². The average Bonchev–Trinajstić information content (AvgIpc) is 2.08. The van der Waals surface area contributed by atoms with Crippen LogP contribution in [0.15, 0.2) is 0 Å². The fourth-order valence-corrected chi connectivity index (χ4v) is 0. The second-order valence-electron chi connectivity index (χ2n) is 2.95. The number of aliphatic carboxylic acids is 6. The van der Waals surface area contributed by atoms with Gasteiger partial charge in [0.1, 0.15) is 0 Å². The first-order chi connectivity index (χ1) is 10.4. The van der Waals surface area contributed by atoms with Crippen molar-refractivity contribution in [3.05, 3.63) is 0 Å². The van der Waals surface area contributed by atoms with E-state index in [4.69, 9.17) is 59.4 Å². The van der Waals surface area contributed by atoms with Gasteiger partial charge in [-0.05, 0) is 41.5 Å². The number of hydrogen-bond donors (Lipinski definition) is 0. The number of carboxylic acids is 6. The fraction of sp³-hybridized carbons (Fsp3) is 0.500. The molecule has 0 aliphatic rings. The largest absolute Gasteiger partial charge is 2.00 e. The molecule has 0 fully saturated rings. The number of carbonyl (C=O) groups is 6. The van der Waals surface area contributed by atoms with Gasteiger partial charge in [-0.1, -0.05) is 0 Å². The molecule has 144 valence electrons. The maximum Gasteiger partial charge on any atom is 2.00 e. The monoisotopic (exact) mass is 842 g/mol. The predicted molar refractivity (Wildman–Crippen MR) is 81.3 cm³/mol. The van der Waals surface area contributed by atoms with Crippen LogP contribution in [0.5, 0.6) is 0 Å². The van der Waals surface area contributed by atoms with E-state index in [1.165, 1.54) is 0 Å². The summed E-state index contributed by atoms with van der Waals surface area (Å²) < 4.78 is 0. The molecular formula is C12H18Ca2MgO12Zn6+12. The van der Waals surface area contributed by atoms with Crippen LogP contribution in [-0.4, -0.2) is 134 Å². The number of hydrogen-bond acceptors (Lipinski definition) is 12. The van der Waals surface area contributed by atoms with Gasteiger partial charge in [-0.2, -0.15) is 0 Å². The standard InChI is InChI=1S/6C2H4O2.2Ca.Mg.6Zn/c6*1-2(3)4;;;;;;;;;/h6*1H3,(H,3,4);;;;;;;;;/q;;;;;;9*+2/p-6. The van der Waals surface area contributed by atoms with E-state index in [1.807, 2.05) is 0 Å². The molecule has 0 aromatic heterocycles. The van der Waals surface area contributed by atoms with Gasteiger partial charge in [0, 0.05) is 35.8 Å². The molecule has 21 heteroatoms. The van der Waals surface area contributed by atoms with Crippen LogP contribution >= 0.6 is 0 Å². The number of carbonyl (C=O) groups excluding carboxylic acids is 6. The summed E-state index contributed by atoms with van der Waals surface area (Å²) in [5.41, 5.74) is 0. The van der Waals surface area contributed by atoms with Crippen LogP contribution in [0.1, 0.15) is 41.5 Å². The van der Waals surface area contributed by atoms with Gasteiger partial charge in [0.05, 0.1) is 0 Å². The molecule has 0 heterocycles. The van der Waals surface area contributed by atoms with Crippen molar-refractivity contribution in [3.8, 4) is 0 Å². The molecule has 33 heavy (non-hydrogen) atoms. The van der Waals surface area contributed by atoms with E-state index >= 15 is 0 Å². The van der Waals surface area contributed by atoms with Gasteiger partial charge >= 0.3 is 215 Å². The third-order valence-corrected chi connectivity index (χ3v) is 0. The molecule has 0 rings (SSSR count). The zero-order valence-corrected chi connectivity index (χ0v) is 43.9. The van der Waals surface area contributed by atoms with Gasteiger partial charge in [0.2, 0.25) is 0 Å². The maximum atomic E-state index is 8.89. The molecule has 0 aromatic rings.